The molecule has 0 fully saturated rings. The lowest BCUT2D eigenvalue weighted by molar-refractivity contribution is -0.141. The van der Waals surface area contributed by atoms with Crippen LogP contribution in [0.25, 0.3) is 17.0 Å². The zero-order valence-electron chi connectivity index (χ0n) is 14.7. The largest absolute Gasteiger partial charge is 0.435 e. The molecule has 0 aliphatic heterocycles. The van der Waals surface area contributed by atoms with E-state index in [1.807, 2.05) is 0 Å². The average molecular weight is 415 g/mol. The Balaban J connectivity index is 1.91. The first-order valence-corrected chi connectivity index (χ1v) is 8.00. The lowest BCUT2D eigenvalue weighted by Gasteiger charge is -2.13. The fraction of sp³-hybridized carbons (Fsp3) is 0.105. The topological polar surface area (TPSA) is 29.9 Å². The van der Waals surface area contributed by atoms with Crippen LogP contribution in [0.5, 0.6) is 0 Å². The molecule has 1 heterocycles. The zero-order chi connectivity index (χ0) is 21.5. The van der Waals surface area contributed by atoms with E-state index in [1.54, 1.807) is 0 Å². The molecule has 0 aliphatic carbocycles. The molecule has 0 amide bonds. The Morgan fingerprint density at radius 2 is 1.62 bits per heavy atom. The number of halogens is 7. The van der Waals surface area contributed by atoms with E-state index >= 15 is 0 Å². The number of alkyl halides is 3. The standard InChI is InChI=1S/C19H12F7N3/c1-9(17-12(20)5-6-13(21)18(17)23)27-10-3-4-11(14(22)7-10)15-8-16(19(24,25)26)28-29(15)2/h3-8,27H,1H2,2H3. The lowest BCUT2D eigenvalue weighted by atomic mass is 10.1. The van der Waals surface area contributed by atoms with Gasteiger partial charge in [0.1, 0.15) is 11.6 Å². The van der Waals surface area contributed by atoms with E-state index in [2.05, 4.69) is 17.0 Å². The van der Waals surface area contributed by atoms with Crippen LogP contribution in [-0.4, -0.2) is 9.78 Å². The molecule has 0 bridgehead atoms. The summed E-state index contributed by atoms with van der Waals surface area (Å²) in [6.45, 7) is 3.42. The third kappa shape index (κ3) is 3.96. The molecule has 0 saturated carbocycles. The zero-order valence-corrected chi connectivity index (χ0v) is 14.7. The van der Waals surface area contributed by atoms with Gasteiger partial charge in [-0.15, -0.1) is 0 Å². The molecule has 0 spiro atoms. The second-order valence-corrected chi connectivity index (χ2v) is 6.05. The number of nitrogens with one attached hydrogen (secondary N) is 1. The minimum absolute atomic E-state index is 0.00229. The summed E-state index contributed by atoms with van der Waals surface area (Å²) in [6, 6.07) is 5.35. The van der Waals surface area contributed by atoms with Crippen molar-refractivity contribution < 1.29 is 30.7 Å². The summed E-state index contributed by atoms with van der Waals surface area (Å²) in [7, 11) is 1.23. The molecule has 3 aromatic rings. The maximum Gasteiger partial charge on any atom is 0.435 e. The number of hydrogen-bond donors (Lipinski definition) is 1. The van der Waals surface area contributed by atoms with Crippen molar-refractivity contribution in [1.82, 2.24) is 9.78 Å². The normalized spacial score (nSPS) is 11.6. The van der Waals surface area contributed by atoms with Crippen LogP contribution in [0.1, 0.15) is 11.3 Å². The molecule has 1 aromatic heterocycles. The summed E-state index contributed by atoms with van der Waals surface area (Å²) in [6.07, 6.45) is -4.69. The molecule has 1 N–H and O–H groups in total. The lowest BCUT2D eigenvalue weighted by Crippen LogP contribution is -2.06. The maximum absolute atomic E-state index is 14.5. The summed E-state index contributed by atoms with van der Waals surface area (Å²) in [5.41, 5.74) is -2.60. The first-order valence-electron chi connectivity index (χ1n) is 8.00. The van der Waals surface area contributed by atoms with Gasteiger partial charge in [0.15, 0.2) is 17.3 Å². The molecule has 2 aromatic carbocycles. The van der Waals surface area contributed by atoms with Crippen molar-refractivity contribution in [2.75, 3.05) is 5.32 Å². The Morgan fingerprint density at radius 1 is 0.966 bits per heavy atom. The summed E-state index contributed by atoms with van der Waals surface area (Å²) >= 11 is 0. The van der Waals surface area contributed by atoms with Crippen LogP contribution < -0.4 is 5.32 Å². The summed E-state index contributed by atoms with van der Waals surface area (Å²) in [4.78, 5) is 0. The minimum Gasteiger partial charge on any atom is -0.355 e. The van der Waals surface area contributed by atoms with Crippen molar-refractivity contribution in [3.8, 4) is 11.3 Å². The molecule has 3 nitrogen and oxygen atoms in total. The van der Waals surface area contributed by atoms with Crippen LogP contribution >= 0.6 is 0 Å². The number of aromatic nitrogens is 2. The number of rotatable bonds is 4. The summed E-state index contributed by atoms with van der Waals surface area (Å²) in [5.74, 6) is -4.75. The van der Waals surface area contributed by atoms with Crippen LogP contribution in [0.4, 0.5) is 36.4 Å². The van der Waals surface area contributed by atoms with Gasteiger partial charge in [0, 0.05) is 24.0 Å². The highest BCUT2D eigenvalue weighted by molar-refractivity contribution is 5.77. The maximum atomic E-state index is 14.5. The van der Waals surface area contributed by atoms with Gasteiger partial charge in [0.25, 0.3) is 0 Å². The van der Waals surface area contributed by atoms with Gasteiger partial charge in [-0.25, -0.2) is 17.6 Å². The van der Waals surface area contributed by atoms with Gasteiger partial charge in [-0.05, 0) is 36.4 Å². The minimum atomic E-state index is -4.69. The molecule has 0 unspecified atom stereocenters. The van der Waals surface area contributed by atoms with E-state index < -0.39 is 40.7 Å². The number of benzene rings is 2. The molecule has 29 heavy (non-hydrogen) atoms. The molecule has 10 heteroatoms. The number of anilines is 1. The van der Waals surface area contributed by atoms with Gasteiger partial charge in [0.05, 0.1) is 11.3 Å². The first kappa shape index (κ1) is 20.4. The van der Waals surface area contributed by atoms with Crippen molar-refractivity contribution >= 4 is 11.4 Å². The molecule has 152 valence electrons. The summed E-state index contributed by atoms with van der Waals surface area (Å²) < 4.78 is 94.7. The van der Waals surface area contributed by atoms with Crippen LogP contribution in [0.15, 0.2) is 43.0 Å². The molecule has 0 aliphatic rings. The molecular weight excluding hydrogens is 403 g/mol. The van der Waals surface area contributed by atoms with Crippen LogP contribution in [0, 0.1) is 23.3 Å². The summed E-state index contributed by atoms with van der Waals surface area (Å²) in [5, 5.41) is 5.76. The van der Waals surface area contributed by atoms with Crippen molar-refractivity contribution in [3.63, 3.8) is 0 Å². The number of aryl methyl sites for hydroxylation is 1. The molecule has 3 rings (SSSR count). The third-order valence-corrected chi connectivity index (χ3v) is 4.06. The van der Waals surface area contributed by atoms with Crippen molar-refractivity contribution in [2.24, 2.45) is 7.05 Å². The van der Waals surface area contributed by atoms with Crippen molar-refractivity contribution in [1.29, 1.82) is 0 Å². The predicted octanol–water partition coefficient (Wildman–Crippen LogP) is 5.75. The molecule has 0 radical (unpaired) electrons. The number of nitrogens with zero attached hydrogens (tertiary/aromatic N) is 2. The van der Waals surface area contributed by atoms with E-state index in [1.165, 1.54) is 19.2 Å². The van der Waals surface area contributed by atoms with Gasteiger partial charge in [-0.1, -0.05) is 6.58 Å². The van der Waals surface area contributed by atoms with E-state index in [0.717, 1.165) is 10.7 Å². The molecule has 0 saturated heterocycles. The fourth-order valence-electron chi connectivity index (χ4n) is 2.70. The number of hydrogen-bond acceptors (Lipinski definition) is 2. The Morgan fingerprint density at radius 3 is 2.21 bits per heavy atom. The van der Waals surface area contributed by atoms with Gasteiger partial charge >= 0.3 is 6.18 Å². The highest BCUT2D eigenvalue weighted by Gasteiger charge is 2.35. The van der Waals surface area contributed by atoms with Crippen LogP contribution in [0.3, 0.4) is 0 Å². The quantitative estimate of drug-likeness (QED) is 0.435. The molecule has 0 atom stereocenters. The van der Waals surface area contributed by atoms with Gasteiger partial charge < -0.3 is 5.32 Å². The van der Waals surface area contributed by atoms with Crippen LogP contribution in [-0.2, 0) is 13.2 Å². The highest BCUT2D eigenvalue weighted by Crippen LogP contribution is 2.33. The fourth-order valence-corrected chi connectivity index (χ4v) is 2.70. The van der Waals surface area contributed by atoms with Gasteiger partial charge in [-0.2, -0.15) is 18.3 Å². The molecular formula is C19H12F7N3. The van der Waals surface area contributed by atoms with Crippen LogP contribution in [0.2, 0.25) is 0 Å². The average Bonchev–Trinajstić information content (AvgIpc) is 3.01. The second kappa shape index (κ2) is 7.26. The van der Waals surface area contributed by atoms with Gasteiger partial charge in [0.2, 0.25) is 0 Å². The van der Waals surface area contributed by atoms with E-state index in [4.69, 9.17) is 0 Å². The van der Waals surface area contributed by atoms with E-state index in [9.17, 15) is 30.7 Å². The van der Waals surface area contributed by atoms with E-state index in [0.29, 0.717) is 18.2 Å². The monoisotopic (exact) mass is 415 g/mol. The van der Waals surface area contributed by atoms with Crippen molar-refractivity contribution in [2.45, 2.75) is 6.18 Å². The van der Waals surface area contributed by atoms with E-state index in [-0.39, 0.29) is 22.6 Å². The smallest absolute Gasteiger partial charge is 0.355 e. The Bertz CT molecular complexity index is 1100. The Kier molecular flexibility index (Phi) is 5.12. The Hall–Kier alpha value is -3.30. The first-order chi connectivity index (χ1) is 13.5. The second-order valence-electron chi connectivity index (χ2n) is 6.05. The predicted molar refractivity (Wildman–Crippen MR) is 92.6 cm³/mol. The van der Waals surface area contributed by atoms with Crippen molar-refractivity contribution in [3.05, 3.63) is 77.5 Å². The SMILES string of the molecule is C=C(Nc1ccc(-c2cc(C(F)(F)F)nn2C)c(F)c1)c1c(F)ccc(F)c1F. The third-order valence-electron chi connectivity index (χ3n) is 4.06. The highest BCUT2D eigenvalue weighted by atomic mass is 19.4. The van der Waals surface area contributed by atoms with Gasteiger partial charge in [-0.3, -0.25) is 4.68 Å². The Labute approximate surface area is 160 Å².